The van der Waals surface area contributed by atoms with E-state index in [2.05, 4.69) is 24.4 Å². The van der Waals surface area contributed by atoms with Crippen molar-refractivity contribution in [1.82, 2.24) is 5.32 Å². The normalized spacial score (nSPS) is 18.5. The summed E-state index contributed by atoms with van der Waals surface area (Å²) in [5.41, 5.74) is 1.40. The molecule has 0 amide bonds. The Balaban J connectivity index is 2.10. The van der Waals surface area contributed by atoms with Gasteiger partial charge in [-0.15, -0.1) is 0 Å². The first-order valence-corrected chi connectivity index (χ1v) is 7.18. The van der Waals surface area contributed by atoms with Gasteiger partial charge in [0.2, 0.25) is 0 Å². The zero-order valence-electron chi connectivity index (χ0n) is 10.6. The summed E-state index contributed by atoms with van der Waals surface area (Å²) in [5, 5.41) is 4.53. The van der Waals surface area contributed by atoms with E-state index in [1.807, 2.05) is 12.1 Å². The fourth-order valence-corrected chi connectivity index (χ4v) is 2.94. The Morgan fingerprint density at radius 1 is 1.24 bits per heavy atom. The molecule has 1 N–H and O–H groups in total. The van der Waals surface area contributed by atoms with Crippen LogP contribution in [0, 0.1) is 5.92 Å². The number of hydrogen-bond acceptors (Lipinski definition) is 1. The summed E-state index contributed by atoms with van der Waals surface area (Å²) in [5.74, 6) is 0.808. The molecule has 1 aliphatic rings. The Morgan fingerprint density at radius 3 is 2.47 bits per heavy atom. The van der Waals surface area contributed by atoms with Gasteiger partial charge < -0.3 is 5.32 Å². The van der Waals surface area contributed by atoms with E-state index in [4.69, 9.17) is 11.6 Å². The molecule has 94 valence electrons. The summed E-state index contributed by atoms with van der Waals surface area (Å²) in [7, 11) is 0. The maximum Gasteiger partial charge on any atom is 0.0406 e. The summed E-state index contributed by atoms with van der Waals surface area (Å²) < 4.78 is 0. The molecule has 1 nitrogen and oxygen atoms in total. The van der Waals surface area contributed by atoms with Crippen LogP contribution in [0.25, 0.3) is 0 Å². The molecule has 1 atom stereocenters. The molecule has 0 aromatic heterocycles. The van der Waals surface area contributed by atoms with Gasteiger partial charge in [0.15, 0.2) is 0 Å². The fourth-order valence-electron chi connectivity index (χ4n) is 2.82. The van der Waals surface area contributed by atoms with Crippen molar-refractivity contribution >= 4 is 11.6 Å². The minimum Gasteiger partial charge on any atom is -0.310 e. The Bertz CT molecular complexity index is 327. The molecule has 2 rings (SSSR count). The van der Waals surface area contributed by atoms with Gasteiger partial charge >= 0.3 is 0 Å². The number of benzene rings is 1. The number of nitrogens with one attached hydrogen (secondary N) is 1. The fraction of sp³-hybridized carbons (Fsp3) is 0.600. The van der Waals surface area contributed by atoms with Gasteiger partial charge in [-0.3, -0.25) is 0 Å². The van der Waals surface area contributed by atoms with Crippen LogP contribution >= 0.6 is 11.6 Å². The molecule has 17 heavy (non-hydrogen) atoms. The van der Waals surface area contributed by atoms with Crippen molar-refractivity contribution in [3.63, 3.8) is 0 Å². The van der Waals surface area contributed by atoms with Crippen molar-refractivity contribution in [2.24, 2.45) is 5.92 Å². The van der Waals surface area contributed by atoms with Gasteiger partial charge in [-0.2, -0.15) is 0 Å². The lowest BCUT2D eigenvalue weighted by atomic mass is 9.91. The van der Waals surface area contributed by atoms with Crippen LogP contribution in [0.4, 0.5) is 0 Å². The second-order valence-electron chi connectivity index (χ2n) is 5.03. The Hall–Kier alpha value is -0.530. The van der Waals surface area contributed by atoms with Crippen LogP contribution in [0.1, 0.15) is 50.6 Å². The number of hydrogen-bond donors (Lipinski definition) is 1. The van der Waals surface area contributed by atoms with E-state index in [9.17, 15) is 0 Å². The van der Waals surface area contributed by atoms with Gasteiger partial charge in [0.1, 0.15) is 0 Å². The lowest BCUT2D eigenvalue weighted by Crippen LogP contribution is -2.27. The summed E-state index contributed by atoms with van der Waals surface area (Å²) in [6.07, 6.45) is 6.70. The Morgan fingerprint density at radius 2 is 1.88 bits per heavy atom. The van der Waals surface area contributed by atoms with E-state index in [0.717, 1.165) is 17.5 Å². The van der Waals surface area contributed by atoms with E-state index in [1.165, 1.54) is 37.7 Å². The highest BCUT2D eigenvalue weighted by molar-refractivity contribution is 6.30. The molecule has 1 aromatic rings. The SMILES string of the molecule is CCCNC(c1ccc(Cl)cc1)C1CCCC1. The number of rotatable bonds is 5. The molecule has 1 fully saturated rings. The van der Waals surface area contributed by atoms with Crippen molar-refractivity contribution in [1.29, 1.82) is 0 Å². The molecular formula is C15H22ClN. The second kappa shape index (κ2) is 6.42. The van der Waals surface area contributed by atoms with Gasteiger partial charge in [0.25, 0.3) is 0 Å². The molecule has 1 unspecified atom stereocenters. The maximum atomic E-state index is 5.96. The van der Waals surface area contributed by atoms with E-state index < -0.39 is 0 Å². The summed E-state index contributed by atoms with van der Waals surface area (Å²) in [6.45, 7) is 3.32. The lowest BCUT2D eigenvalue weighted by molar-refractivity contribution is 0.368. The molecule has 1 saturated carbocycles. The topological polar surface area (TPSA) is 12.0 Å². The molecule has 0 bridgehead atoms. The van der Waals surface area contributed by atoms with Crippen LogP contribution in [0.15, 0.2) is 24.3 Å². The van der Waals surface area contributed by atoms with Crippen molar-refractivity contribution in [3.05, 3.63) is 34.9 Å². The lowest BCUT2D eigenvalue weighted by Gasteiger charge is -2.25. The maximum absolute atomic E-state index is 5.96. The van der Waals surface area contributed by atoms with Crippen molar-refractivity contribution < 1.29 is 0 Å². The van der Waals surface area contributed by atoms with Gasteiger partial charge in [0.05, 0.1) is 0 Å². The zero-order chi connectivity index (χ0) is 12.1. The van der Waals surface area contributed by atoms with Crippen molar-refractivity contribution in [3.8, 4) is 0 Å². The quantitative estimate of drug-likeness (QED) is 0.808. The highest BCUT2D eigenvalue weighted by atomic mass is 35.5. The molecule has 0 spiro atoms. The molecule has 1 aromatic carbocycles. The van der Waals surface area contributed by atoms with Crippen LogP contribution < -0.4 is 5.32 Å². The van der Waals surface area contributed by atoms with Crippen LogP contribution in [0.5, 0.6) is 0 Å². The van der Waals surface area contributed by atoms with Crippen molar-refractivity contribution in [2.45, 2.75) is 45.1 Å². The molecule has 0 radical (unpaired) electrons. The molecule has 2 heteroatoms. The smallest absolute Gasteiger partial charge is 0.0406 e. The number of halogens is 1. The predicted octanol–water partition coefficient (Wildman–Crippen LogP) is 4.57. The van der Waals surface area contributed by atoms with Gasteiger partial charge in [-0.25, -0.2) is 0 Å². The summed E-state index contributed by atoms with van der Waals surface area (Å²) in [6, 6.07) is 8.88. The third kappa shape index (κ3) is 3.46. The average Bonchev–Trinajstić information content (AvgIpc) is 2.85. The monoisotopic (exact) mass is 251 g/mol. The largest absolute Gasteiger partial charge is 0.310 e. The highest BCUT2D eigenvalue weighted by Gasteiger charge is 2.25. The highest BCUT2D eigenvalue weighted by Crippen LogP contribution is 2.35. The first-order chi connectivity index (χ1) is 8.31. The molecule has 0 saturated heterocycles. The summed E-state index contributed by atoms with van der Waals surface area (Å²) in [4.78, 5) is 0. The molecule has 0 heterocycles. The third-order valence-electron chi connectivity index (χ3n) is 3.71. The van der Waals surface area contributed by atoms with E-state index in [1.54, 1.807) is 0 Å². The third-order valence-corrected chi connectivity index (χ3v) is 3.97. The van der Waals surface area contributed by atoms with E-state index in [0.29, 0.717) is 6.04 Å². The van der Waals surface area contributed by atoms with Gasteiger partial charge in [0, 0.05) is 11.1 Å². The molecule has 0 aliphatic heterocycles. The predicted molar refractivity (Wildman–Crippen MR) is 74.4 cm³/mol. The zero-order valence-corrected chi connectivity index (χ0v) is 11.3. The Kier molecular flexibility index (Phi) is 4.87. The van der Waals surface area contributed by atoms with Gasteiger partial charge in [-0.1, -0.05) is 43.5 Å². The van der Waals surface area contributed by atoms with Crippen molar-refractivity contribution in [2.75, 3.05) is 6.54 Å². The van der Waals surface area contributed by atoms with E-state index >= 15 is 0 Å². The van der Waals surface area contributed by atoms with Crippen LogP contribution in [-0.4, -0.2) is 6.54 Å². The first-order valence-electron chi connectivity index (χ1n) is 6.80. The average molecular weight is 252 g/mol. The minimum absolute atomic E-state index is 0.523. The minimum atomic E-state index is 0.523. The molecule has 1 aliphatic carbocycles. The van der Waals surface area contributed by atoms with Crippen LogP contribution in [-0.2, 0) is 0 Å². The summed E-state index contributed by atoms with van der Waals surface area (Å²) >= 11 is 5.96. The van der Waals surface area contributed by atoms with E-state index in [-0.39, 0.29) is 0 Å². The first kappa shape index (κ1) is 12.9. The second-order valence-corrected chi connectivity index (χ2v) is 5.46. The molecular weight excluding hydrogens is 230 g/mol. The van der Waals surface area contributed by atoms with Crippen LogP contribution in [0.2, 0.25) is 5.02 Å². The Labute approximate surface area is 110 Å². The van der Waals surface area contributed by atoms with Gasteiger partial charge in [-0.05, 0) is 49.4 Å². The van der Waals surface area contributed by atoms with Crippen LogP contribution in [0.3, 0.4) is 0 Å². The standard InChI is InChI=1S/C15H22ClN/c1-2-11-17-15(12-5-3-4-6-12)13-7-9-14(16)10-8-13/h7-10,12,15,17H,2-6,11H2,1H3.